The number of rotatable bonds is 3. The van der Waals surface area contributed by atoms with Gasteiger partial charge in [0, 0.05) is 12.0 Å². The Morgan fingerprint density at radius 1 is 1.50 bits per heavy atom. The van der Waals surface area contributed by atoms with Gasteiger partial charge in [0.15, 0.2) is 0 Å². The van der Waals surface area contributed by atoms with E-state index >= 15 is 0 Å². The molecule has 16 heavy (non-hydrogen) atoms. The van der Waals surface area contributed by atoms with Gasteiger partial charge in [0.05, 0.1) is 10.6 Å². The van der Waals surface area contributed by atoms with E-state index in [9.17, 15) is 13.9 Å². The maximum Gasteiger partial charge on any atom is 0.143 e. The summed E-state index contributed by atoms with van der Waals surface area (Å²) in [5.41, 5.74) is -0.0269. The number of halogens is 3. The van der Waals surface area contributed by atoms with E-state index < -0.39 is 17.7 Å². The molecule has 3 unspecified atom stereocenters. The average molecular weight is 291 g/mol. The highest BCUT2D eigenvalue weighted by Gasteiger charge is 2.39. The van der Waals surface area contributed by atoms with Crippen LogP contribution in [0.5, 0.6) is 0 Å². The third-order valence-electron chi connectivity index (χ3n) is 3.22. The lowest BCUT2D eigenvalue weighted by Gasteiger charge is -2.12. The monoisotopic (exact) mass is 290 g/mol. The predicted octanol–water partition coefficient (Wildman–Crippen LogP) is 3.29. The molecule has 1 N–H and O–H groups in total. The van der Waals surface area contributed by atoms with Crippen molar-refractivity contribution in [2.45, 2.75) is 25.9 Å². The van der Waals surface area contributed by atoms with Gasteiger partial charge in [-0.3, -0.25) is 0 Å². The van der Waals surface area contributed by atoms with E-state index in [-0.39, 0.29) is 22.4 Å². The summed E-state index contributed by atoms with van der Waals surface area (Å²) in [6.07, 6.45) is 0.346. The van der Waals surface area contributed by atoms with Gasteiger partial charge < -0.3 is 5.11 Å². The van der Waals surface area contributed by atoms with Crippen LogP contribution in [-0.2, 0) is 6.42 Å². The summed E-state index contributed by atoms with van der Waals surface area (Å²) in [7, 11) is 0. The van der Waals surface area contributed by atoms with E-state index in [1.165, 1.54) is 12.1 Å². The molecule has 0 radical (unpaired) electrons. The van der Waals surface area contributed by atoms with Crippen molar-refractivity contribution in [3.63, 3.8) is 0 Å². The first-order valence-electron chi connectivity index (χ1n) is 5.31. The van der Waals surface area contributed by atoms with Crippen molar-refractivity contribution >= 4 is 15.9 Å². The standard InChI is InChI=1S/C12H13BrF2O/c1-6-4-7(6)11(16)5-8-10(14)3-2-9(13)12(8)15/h2-3,6-7,11,16H,4-5H2,1H3. The Balaban J connectivity index is 2.17. The topological polar surface area (TPSA) is 20.2 Å². The molecule has 0 saturated heterocycles. The van der Waals surface area contributed by atoms with E-state index in [2.05, 4.69) is 15.9 Å². The molecule has 0 aliphatic heterocycles. The molecule has 1 aliphatic rings. The van der Waals surface area contributed by atoms with Crippen molar-refractivity contribution in [3.05, 3.63) is 33.8 Å². The molecule has 2 rings (SSSR count). The maximum absolute atomic E-state index is 13.6. The summed E-state index contributed by atoms with van der Waals surface area (Å²) in [4.78, 5) is 0. The molecule has 0 bridgehead atoms. The fraction of sp³-hybridized carbons (Fsp3) is 0.500. The van der Waals surface area contributed by atoms with Crippen LogP contribution in [0, 0.1) is 23.5 Å². The first-order chi connectivity index (χ1) is 7.50. The minimum atomic E-state index is -0.645. The Morgan fingerprint density at radius 3 is 2.69 bits per heavy atom. The zero-order chi connectivity index (χ0) is 11.9. The first-order valence-corrected chi connectivity index (χ1v) is 6.10. The SMILES string of the molecule is CC1CC1C(O)Cc1c(F)ccc(Br)c1F. The number of aliphatic hydroxyl groups excluding tert-OH is 1. The van der Waals surface area contributed by atoms with E-state index in [0.29, 0.717) is 5.92 Å². The molecule has 3 atom stereocenters. The second-order valence-corrected chi connectivity index (χ2v) is 5.32. The Hall–Kier alpha value is -0.480. The van der Waals surface area contributed by atoms with Crippen molar-refractivity contribution in [1.82, 2.24) is 0 Å². The smallest absolute Gasteiger partial charge is 0.143 e. The van der Waals surface area contributed by atoms with Crippen LogP contribution in [0.1, 0.15) is 18.9 Å². The van der Waals surface area contributed by atoms with Crippen molar-refractivity contribution < 1.29 is 13.9 Å². The summed E-state index contributed by atoms with van der Waals surface area (Å²) < 4.78 is 27.2. The minimum absolute atomic E-state index is 0.0269. The lowest BCUT2D eigenvalue weighted by Crippen LogP contribution is -2.16. The molecular weight excluding hydrogens is 278 g/mol. The normalized spacial score (nSPS) is 25.6. The molecule has 88 valence electrons. The number of hydrogen-bond acceptors (Lipinski definition) is 1. The van der Waals surface area contributed by atoms with Crippen LogP contribution in [-0.4, -0.2) is 11.2 Å². The fourth-order valence-corrected chi connectivity index (χ4v) is 2.38. The second-order valence-electron chi connectivity index (χ2n) is 4.47. The van der Waals surface area contributed by atoms with Gasteiger partial charge in [0.2, 0.25) is 0 Å². The second kappa shape index (κ2) is 4.41. The summed E-state index contributed by atoms with van der Waals surface area (Å²) in [5.74, 6) is -0.536. The highest BCUT2D eigenvalue weighted by atomic mass is 79.9. The van der Waals surface area contributed by atoms with Crippen molar-refractivity contribution in [1.29, 1.82) is 0 Å². The first kappa shape index (κ1) is 12.0. The number of benzene rings is 1. The fourth-order valence-electron chi connectivity index (χ4n) is 2.00. The van der Waals surface area contributed by atoms with Gasteiger partial charge in [-0.1, -0.05) is 6.92 Å². The van der Waals surface area contributed by atoms with Crippen LogP contribution < -0.4 is 0 Å². The molecule has 4 heteroatoms. The van der Waals surface area contributed by atoms with Crippen LogP contribution in [0.25, 0.3) is 0 Å². The molecule has 1 saturated carbocycles. The quantitative estimate of drug-likeness (QED) is 0.847. The maximum atomic E-state index is 13.6. The van der Waals surface area contributed by atoms with Gasteiger partial charge in [-0.25, -0.2) is 8.78 Å². The van der Waals surface area contributed by atoms with Crippen LogP contribution in [0.15, 0.2) is 16.6 Å². The van der Waals surface area contributed by atoms with Crippen LogP contribution >= 0.6 is 15.9 Å². The molecule has 0 spiro atoms. The molecule has 1 aromatic carbocycles. The van der Waals surface area contributed by atoms with Gasteiger partial charge in [0.1, 0.15) is 11.6 Å². The average Bonchev–Trinajstić information content (AvgIpc) is 2.96. The van der Waals surface area contributed by atoms with Gasteiger partial charge in [0.25, 0.3) is 0 Å². The van der Waals surface area contributed by atoms with E-state index in [1.807, 2.05) is 6.92 Å². The zero-order valence-electron chi connectivity index (χ0n) is 8.88. The van der Waals surface area contributed by atoms with Crippen LogP contribution in [0.4, 0.5) is 8.78 Å². The van der Waals surface area contributed by atoms with Crippen molar-refractivity contribution in [3.8, 4) is 0 Å². The molecule has 1 aromatic rings. The summed E-state index contributed by atoms with van der Waals surface area (Å²) in [6, 6.07) is 2.55. The Bertz CT molecular complexity index is 408. The predicted molar refractivity (Wildman–Crippen MR) is 61.0 cm³/mol. The lowest BCUT2D eigenvalue weighted by molar-refractivity contribution is 0.144. The largest absolute Gasteiger partial charge is 0.392 e. The van der Waals surface area contributed by atoms with Crippen molar-refractivity contribution in [2.75, 3.05) is 0 Å². The lowest BCUT2D eigenvalue weighted by atomic mass is 10.0. The summed E-state index contributed by atoms with van der Waals surface area (Å²) in [6.45, 7) is 2.03. The van der Waals surface area contributed by atoms with E-state index in [0.717, 1.165) is 6.42 Å². The summed E-state index contributed by atoms with van der Waals surface area (Å²) >= 11 is 3.01. The molecular formula is C12H13BrF2O. The Labute approximate surface area is 102 Å². The van der Waals surface area contributed by atoms with Crippen LogP contribution in [0.2, 0.25) is 0 Å². The molecule has 0 aromatic heterocycles. The zero-order valence-corrected chi connectivity index (χ0v) is 10.5. The van der Waals surface area contributed by atoms with E-state index in [4.69, 9.17) is 0 Å². The Kier molecular flexibility index (Phi) is 3.31. The van der Waals surface area contributed by atoms with Crippen LogP contribution in [0.3, 0.4) is 0 Å². The molecule has 1 aliphatic carbocycles. The minimum Gasteiger partial charge on any atom is -0.392 e. The number of aliphatic hydroxyl groups is 1. The molecule has 1 fully saturated rings. The summed E-state index contributed by atoms with van der Waals surface area (Å²) in [5, 5.41) is 9.80. The van der Waals surface area contributed by atoms with E-state index in [1.54, 1.807) is 0 Å². The van der Waals surface area contributed by atoms with Gasteiger partial charge in [-0.05, 0) is 46.3 Å². The third kappa shape index (κ3) is 2.28. The molecule has 1 nitrogen and oxygen atoms in total. The highest BCUT2D eigenvalue weighted by Crippen LogP contribution is 2.41. The molecule has 0 heterocycles. The Morgan fingerprint density at radius 2 is 2.12 bits per heavy atom. The third-order valence-corrected chi connectivity index (χ3v) is 3.83. The van der Waals surface area contributed by atoms with Gasteiger partial charge in [-0.15, -0.1) is 0 Å². The molecule has 0 amide bonds. The van der Waals surface area contributed by atoms with Gasteiger partial charge in [-0.2, -0.15) is 0 Å². The van der Waals surface area contributed by atoms with Crippen molar-refractivity contribution in [2.24, 2.45) is 11.8 Å². The highest BCUT2D eigenvalue weighted by molar-refractivity contribution is 9.10. The van der Waals surface area contributed by atoms with Gasteiger partial charge >= 0.3 is 0 Å². The number of hydrogen-bond donors (Lipinski definition) is 1.